The zero-order valence-electron chi connectivity index (χ0n) is 5.03. The van der Waals surface area contributed by atoms with E-state index in [-0.39, 0.29) is 12.4 Å². The second-order valence-electron chi connectivity index (χ2n) is 2.19. The van der Waals surface area contributed by atoms with Gasteiger partial charge in [0.2, 0.25) is 0 Å². The average molecular weight is 134 g/mol. The number of nitrogens with zero attached hydrogens (tertiary/aromatic N) is 2. The van der Waals surface area contributed by atoms with Crippen LogP contribution in [0.4, 0.5) is 0 Å². The predicted octanol–water partition coefficient (Wildman–Crippen LogP) is 0.333. The molecule has 1 rings (SSSR count). The third-order valence-corrected chi connectivity index (χ3v) is 0.901. The van der Waals surface area contributed by atoms with Gasteiger partial charge < -0.3 is 0 Å². The summed E-state index contributed by atoms with van der Waals surface area (Å²) in [5, 5.41) is 0. The largest absolute Gasteiger partial charge is 0.403 e. The molecule has 0 fully saturated rings. The molecule has 0 N–H and O–H groups in total. The van der Waals surface area contributed by atoms with Crippen LogP contribution in [-0.4, -0.2) is 24.9 Å². The molecule has 0 saturated heterocycles. The average Bonchev–Trinajstić information content (AvgIpc) is 1.84. The first kappa shape index (κ1) is 7.66. The van der Waals surface area contributed by atoms with E-state index in [0.29, 0.717) is 0 Å². The van der Waals surface area contributed by atoms with Gasteiger partial charge in [-0.1, -0.05) is 0 Å². The second-order valence-corrected chi connectivity index (χ2v) is 2.19. The molecule has 0 saturated carbocycles. The van der Waals surface area contributed by atoms with E-state index in [0.717, 1.165) is 4.48 Å². The van der Waals surface area contributed by atoms with E-state index < -0.39 is 0 Å². The van der Waals surface area contributed by atoms with E-state index >= 15 is 0 Å². The zero-order valence-corrected chi connectivity index (χ0v) is 5.85. The highest BCUT2D eigenvalue weighted by Gasteiger charge is 2.19. The van der Waals surface area contributed by atoms with E-state index in [4.69, 9.17) is 0 Å². The van der Waals surface area contributed by atoms with Crippen LogP contribution in [0.5, 0.6) is 0 Å². The summed E-state index contributed by atoms with van der Waals surface area (Å²) in [6.07, 6.45) is 5.69. The maximum atomic E-state index is 3.90. The van der Waals surface area contributed by atoms with Crippen LogP contribution < -0.4 is 4.99 Å². The van der Waals surface area contributed by atoms with Gasteiger partial charge in [-0.2, -0.15) is 0 Å². The smallest absolute Gasteiger partial charge is 0.211 e. The second kappa shape index (κ2) is 2.29. The molecule has 0 bridgehead atoms. The third-order valence-electron chi connectivity index (χ3n) is 0.901. The standard InChI is InChI=1S/C5H9N2.ClH/c1-7(2)4-3-6-5-7;/h3-5H,1-2H3;1H/q+2;. The van der Waals surface area contributed by atoms with E-state index in [1.807, 2.05) is 12.5 Å². The Morgan fingerprint density at radius 1 is 1.38 bits per heavy atom. The lowest BCUT2D eigenvalue weighted by Gasteiger charge is -2.06. The molecule has 0 atom stereocenters. The number of hydrogen-bond acceptors (Lipinski definition) is 1. The molecule has 0 aliphatic carbocycles. The first-order valence-electron chi connectivity index (χ1n) is 2.26. The lowest BCUT2D eigenvalue weighted by atomic mass is 10.7. The topological polar surface area (TPSA) is 14.1 Å². The van der Waals surface area contributed by atoms with Crippen molar-refractivity contribution in [1.29, 1.82) is 0 Å². The molecule has 0 spiro atoms. The SMILES string of the molecule is C[N+]1(C)C=C[N+]=C1.Cl. The van der Waals surface area contributed by atoms with Crippen LogP contribution in [0.2, 0.25) is 0 Å². The Kier molecular flexibility index (Phi) is 2.19. The van der Waals surface area contributed by atoms with Crippen LogP contribution >= 0.6 is 12.4 Å². The zero-order chi connectivity index (χ0) is 5.33. The van der Waals surface area contributed by atoms with Gasteiger partial charge in [0.1, 0.15) is 4.99 Å². The van der Waals surface area contributed by atoms with Crippen molar-refractivity contribution < 1.29 is 4.48 Å². The Bertz CT molecular complexity index is 112. The lowest BCUT2D eigenvalue weighted by Crippen LogP contribution is -2.29. The van der Waals surface area contributed by atoms with Crippen LogP contribution in [0.3, 0.4) is 0 Å². The molecule has 1 aliphatic rings. The summed E-state index contributed by atoms with van der Waals surface area (Å²) in [6.45, 7) is 0. The van der Waals surface area contributed by atoms with Crippen molar-refractivity contribution >= 4 is 18.7 Å². The van der Waals surface area contributed by atoms with Crippen LogP contribution in [-0.2, 0) is 0 Å². The van der Waals surface area contributed by atoms with Gasteiger partial charge in [0.05, 0.1) is 14.1 Å². The Morgan fingerprint density at radius 3 is 2.12 bits per heavy atom. The molecular weight excluding hydrogens is 124 g/mol. The fraction of sp³-hybridized carbons (Fsp3) is 0.400. The number of rotatable bonds is 0. The minimum Gasteiger partial charge on any atom is -0.211 e. The molecule has 0 aromatic rings. The van der Waals surface area contributed by atoms with Crippen LogP contribution in [0.1, 0.15) is 0 Å². The first-order valence-corrected chi connectivity index (χ1v) is 2.26. The van der Waals surface area contributed by atoms with Crippen LogP contribution in [0.15, 0.2) is 12.4 Å². The first-order chi connectivity index (χ1) is 3.21. The molecule has 1 aliphatic heterocycles. The van der Waals surface area contributed by atoms with Crippen LogP contribution in [0, 0.1) is 0 Å². The number of quaternary nitrogens is 1. The normalized spacial score (nSPS) is 20.8. The molecule has 0 amide bonds. The highest BCUT2D eigenvalue weighted by molar-refractivity contribution is 5.85. The summed E-state index contributed by atoms with van der Waals surface area (Å²) < 4.78 is 0.778. The maximum Gasteiger partial charge on any atom is 0.403 e. The molecule has 1 heterocycles. The molecular formula is C5H10ClN2+2. The van der Waals surface area contributed by atoms with Gasteiger partial charge in [-0.25, -0.2) is 4.48 Å². The van der Waals surface area contributed by atoms with Crippen molar-refractivity contribution in [2.45, 2.75) is 0 Å². The molecule has 1 radical (unpaired) electrons. The summed E-state index contributed by atoms with van der Waals surface area (Å²) in [4.78, 5) is 3.90. The quantitative estimate of drug-likeness (QED) is 0.423. The van der Waals surface area contributed by atoms with Gasteiger partial charge in [0, 0.05) is 0 Å². The van der Waals surface area contributed by atoms with Crippen molar-refractivity contribution in [3.05, 3.63) is 12.4 Å². The van der Waals surface area contributed by atoms with E-state index in [1.54, 1.807) is 6.20 Å². The van der Waals surface area contributed by atoms with Crippen molar-refractivity contribution in [2.75, 3.05) is 14.1 Å². The van der Waals surface area contributed by atoms with Crippen molar-refractivity contribution in [3.8, 4) is 0 Å². The molecule has 45 valence electrons. The summed E-state index contributed by atoms with van der Waals surface area (Å²) in [5.41, 5.74) is 0. The van der Waals surface area contributed by atoms with Crippen molar-refractivity contribution in [3.63, 3.8) is 0 Å². The molecule has 0 unspecified atom stereocenters. The van der Waals surface area contributed by atoms with Crippen molar-refractivity contribution in [1.82, 2.24) is 4.99 Å². The molecule has 0 aromatic heterocycles. The number of aliphatic imine (C=N–C) groups is 1. The minimum atomic E-state index is 0. The summed E-state index contributed by atoms with van der Waals surface area (Å²) >= 11 is 0. The van der Waals surface area contributed by atoms with Gasteiger partial charge in [-0.05, 0) is 0 Å². The highest BCUT2D eigenvalue weighted by Crippen LogP contribution is 1.94. The molecule has 0 aromatic carbocycles. The van der Waals surface area contributed by atoms with E-state index in [2.05, 4.69) is 19.1 Å². The Balaban J connectivity index is 0.000000490. The highest BCUT2D eigenvalue weighted by atomic mass is 35.5. The fourth-order valence-electron chi connectivity index (χ4n) is 0.459. The van der Waals surface area contributed by atoms with Gasteiger partial charge in [0.25, 0.3) is 0 Å². The number of hydrogen-bond donors (Lipinski definition) is 0. The molecule has 2 nitrogen and oxygen atoms in total. The summed E-state index contributed by atoms with van der Waals surface area (Å²) in [5.74, 6) is 0. The molecule has 3 heteroatoms. The van der Waals surface area contributed by atoms with Crippen LogP contribution in [0.25, 0.3) is 0 Å². The van der Waals surface area contributed by atoms with E-state index in [9.17, 15) is 0 Å². The Morgan fingerprint density at radius 2 is 2.00 bits per heavy atom. The Labute approximate surface area is 55.5 Å². The molecule has 8 heavy (non-hydrogen) atoms. The van der Waals surface area contributed by atoms with Gasteiger partial charge >= 0.3 is 12.5 Å². The van der Waals surface area contributed by atoms with Gasteiger partial charge in [0.15, 0.2) is 6.20 Å². The summed E-state index contributed by atoms with van der Waals surface area (Å²) in [6, 6.07) is 0. The predicted molar refractivity (Wildman–Crippen MR) is 36.7 cm³/mol. The van der Waals surface area contributed by atoms with Gasteiger partial charge in [-0.15, -0.1) is 12.4 Å². The summed E-state index contributed by atoms with van der Waals surface area (Å²) in [7, 11) is 4.12. The van der Waals surface area contributed by atoms with Crippen molar-refractivity contribution in [2.24, 2.45) is 0 Å². The maximum absolute atomic E-state index is 3.90. The van der Waals surface area contributed by atoms with Gasteiger partial charge in [-0.3, -0.25) is 0 Å². The fourth-order valence-corrected chi connectivity index (χ4v) is 0.459. The van der Waals surface area contributed by atoms with E-state index in [1.165, 1.54) is 0 Å². The number of halogens is 1. The minimum absolute atomic E-state index is 0. The lowest BCUT2D eigenvalue weighted by molar-refractivity contribution is -0.732. The monoisotopic (exact) mass is 133 g/mol. The third kappa shape index (κ3) is 1.64. The Hall–Kier alpha value is -0.340.